The predicted molar refractivity (Wildman–Crippen MR) is 217 cm³/mol. The molecule has 3 nitrogen and oxygen atoms in total. The van der Waals surface area contributed by atoms with Crippen LogP contribution in [0.2, 0.25) is 0 Å². The lowest BCUT2D eigenvalue weighted by Crippen LogP contribution is -1.96. The van der Waals surface area contributed by atoms with E-state index in [1.807, 2.05) is 36.4 Å². The first kappa shape index (κ1) is 29.9. The normalized spacial score (nSPS) is 11.5. The Morgan fingerprint density at radius 3 is 1.33 bits per heavy atom. The van der Waals surface area contributed by atoms with Crippen LogP contribution in [0.5, 0.6) is 0 Å². The van der Waals surface area contributed by atoms with Gasteiger partial charge in [-0.25, -0.2) is 15.0 Å². The minimum atomic E-state index is 0.693. The molecule has 0 N–H and O–H groups in total. The number of benzene rings is 8. The van der Waals surface area contributed by atoms with Crippen molar-refractivity contribution in [1.82, 2.24) is 15.0 Å². The van der Waals surface area contributed by atoms with Crippen LogP contribution in [0.3, 0.4) is 0 Å². The fraction of sp³-hybridized carbons (Fsp3) is 0. The van der Waals surface area contributed by atoms with Crippen LogP contribution in [-0.2, 0) is 0 Å². The van der Waals surface area contributed by atoms with E-state index in [1.54, 1.807) is 0 Å². The molecule has 0 fully saturated rings. The molecule has 2 aromatic heterocycles. The molecule has 0 unspecified atom stereocenters. The van der Waals surface area contributed by atoms with Crippen molar-refractivity contribution in [2.75, 3.05) is 0 Å². The van der Waals surface area contributed by atoms with Crippen molar-refractivity contribution in [3.8, 4) is 56.3 Å². The zero-order valence-electron chi connectivity index (χ0n) is 28.2. The van der Waals surface area contributed by atoms with E-state index in [0.29, 0.717) is 5.82 Å². The molecule has 0 bridgehead atoms. The average Bonchev–Trinajstić information content (AvgIpc) is 3.24. The second-order valence-electron chi connectivity index (χ2n) is 13.2. The van der Waals surface area contributed by atoms with Crippen LogP contribution in [0.25, 0.3) is 99.5 Å². The maximum absolute atomic E-state index is 5.39. The van der Waals surface area contributed by atoms with Gasteiger partial charge >= 0.3 is 0 Å². The highest BCUT2D eigenvalue weighted by Gasteiger charge is 2.18. The van der Waals surface area contributed by atoms with Gasteiger partial charge in [0.1, 0.15) is 0 Å². The molecule has 52 heavy (non-hydrogen) atoms. The Balaban J connectivity index is 1.15. The number of hydrogen-bond donors (Lipinski definition) is 0. The molecule has 0 aliphatic carbocycles. The number of pyridine rings is 1. The number of nitrogens with zero attached hydrogens (tertiary/aromatic N) is 3. The summed E-state index contributed by atoms with van der Waals surface area (Å²) in [4.78, 5) is 15.6. The molecular weight excluding hydrogens is 631 g/mol. The third kappa shape index (κ3) is 5.10. The molecule has 10 aromatic rings. The van der Waals surface area contributed by atoms with E-state index in [4.69, 9.17) is 15.0 Å². The van der Waals surface area contributed by atoms with Gasteiger partial charge in [-0.05, 0) is 56.9 Å². The molecule has 0 radical (unpaired) electrons. The Hall–Kier alpha value is -6.97. The summed E-state index contributed by atoms with van der Waals surface area (Å²) >= 11 is 0. The molecule has 0 atom stereocenters. The first-order valence-corrected chi connectivity index (χ1v) is 17.6. The van der Waals surface area contributed by atoms with Gasteiger partial charge in [-0.2, -0.15) is 0 Å². The molecule has 0 aliphatic rings. The van der Waals surface area contributed by atoms with E-state index >= 15 is 0 Å². The zero-order chi connectivity index (χ0) is 34.4. The van der Waals surface area contributed by atoms with E-state index in [0.717, 1.165) is 56.0 Å². The van der Waals surface area contributed by atoms with Crippen LogP contribution in [0.15, 0.2) is 188 Å². The second kappa shape index (κ2) is 12.4. The van der Waals surface area contributed by atoms with Crippen LogP contribution >= 0.6 is 0 Å². The fourth-order valence-electron chi connectivity index (χ4n) is 7.61. The fourth-order valence-corrected chi connectivity index (χ4v) is 7.61. The maximum Gasteiger partial charge on any atom is 0.160 e. The Kier molecular flexibility index (Phi) is 7.14. The minimum absolute atomic E-state index is 0.693. The first-order valence-electron chi connectivity index (χ1n) is 17.6. The topological polar surface area (TPSA) is 38.7 Å². The standard InChI is InChI=1S/C49H31N3/c1-3-15-32(16-4-1)44-31-45(33-17-5-2-6-18-33)52-49(51-44)37-22-14-20-35(30-37)34-19-13-21-36(29-34)48-47-41-26-10-8-24-39(41)38-23-7-9-25-40(38)46(47)42-27-11-12-28-43(42)50-48/h1-31H. The summed E-state index contributed by atoms with van der Waals surface area (Å²) < 4.78 is 0. The largest absolute Gasteiger partial charge is 0.247 e. The molecule has 8 aromatic carbocycles. The lowest BCUT2D eigenvalue weighted by molar-refractivity contribution is 1.18. The Labute approximate surface area is 301 Å². The zero-order valence-corrected chi connectivity index (χ0v) is 28.2. The molecule has 0 saturated carbocycles. The number of hydrogen-bond acceptors (Lipinski definition) is 3. The summed E-state index contributed by atoms with van der Waals surface area (Å²) in [6.45, 7) is 0. The Bertz CT molecular complexity index is 2890. The molecule has 0 amide bonds. The van der Waals surface area contributed by atoms with E-state index in [-0.39, 0.29) is 0 Å². The molecule has 2 heterocycles. The summed E-state index contributed by atoms with van der Waals surface area (Å²) in [5, 5.41) is 8.53. The van der Waals surface area contributed by atoms with Crippen LogP contribution < -0.4 is 0 Å². The monoisotopic (exact) mass is 661 g/mol. The lowest BCUT2D eigenvalue weighted by atomic mass is 9.89. The third-order valence-electron chi connectivity index (χ3n) is 10.0. The summed E-state index contributed by atoms with van der Waals surface area (Å²) in [6.07, 6.45) is 0. The highest BCUT2D eigenvalue weighted by molar-refractivity contribution is 6.33. The van der Waals surface area contributed by atoms with Crippen molar-refractivity contribution in [1.29, 1.82) is 0 Å². The van der Waals surface area contributed by atoms with Crippen LogP contribution in [0.4, 0.5) is 0 Å². The number of rotatable bonds is 5. The molecule has 242 valence electrons. The first-order chi connectivity index (χ1) is 25.8. The van der Waals surface area contributed by atoms with Crippen LogP contribution in [0.1, 0.15) is 0 Å². The van der Waals surface area contributed by atoms with Gasteiger partial charge in [0.15, 0.2) is 5.82 Å². The molecule has 3 heteroatoms. The van der Waals surface area contributed by atoms with Crippen LogP contribution in [0, 0.1) is 0 Å². The quantitative estimate of drug-likeness (QED) is 0.172. The number of para-hydroxylation sites is 1. The summed E-state index contributed by atoms with van der Waals surface area (Å²) in [5.41, 5.74) is 10.1. The van der Waals surface area contributed by atoms with Crippen molar-refractivity contribution >= 4 is 43.2 Å². The molecule has 0 spiro atoms. The summed E-state index contributed by atoms with van der Waals surface area (Å²) in [6, 6.07) is 66.1. The molecule has 0 saturated heterocycles. The predicted octanol–water partition coefficient (Wildman–Crippen LogP) is 12.8. The van der Waals surface area contributed by atoms with Crippen molar-refractivity contribution in [2.45, 2.75) is 0 Å². The minimum Gasteiger partial charge on any atom is -0.247 e. The van der Waals surface area contributed by atoms with Crippen molar-refractivity contribution in [3.05, 3.63) is 188 Å². The summed E-state index contributed by atoms with van der Waals surface area (Å²) in [5.74, 6) is 0.693. The maximum atomic E-state index is 5.39. The van der Waals surface area contributed by atoms with Gasteiger partial charge in [-0.3, -0.25) is 0 Å². The van der Waals surface area contributed by atoms with Gasteiger partial charge in [-0.15, -0.1) is 0 Å². The highest BCUT2D eigenvalue weighted by Crippen LogP contribution is 2.43. The number of aromatic nitrogens is 3. The SMILES string of the molecule is c1ccc(-c2cc(-c3ccccc3)nc(-c3cccc(-c4cccc(-c5nc6ccccc6c6c7ccccc7c7ccccc7c56)c4)c3)n2)cc1. The van der Waals surface area contributed by atoms with Crippen LogP contribution in [-0.4, -0.2) is 15.0 Å². The average molecular weight is 662 g/mol. The second-order valence-corrected chi connectivity index (χ2v) is 13.2. The van der Waals surface area contributed by atoms with Gasteiger partial charge in [0.25, 0.3) is 0 Å². The smallest absolute Gasteiger partial charge is 0.160 e. The van der Waals surface area contributed by atoms with E-state index in [9.17, 15) is 0 Å². The molecule has 0 aliphatic heterocycles. The van der Waals surface area contributed by atoms with Gasteiger partial charge in [0, 0.05) is 38.4 Å². The Morgan fingerprint density at radius 1 is 0.269 bits per heavy atom. The lowest BCUT2D eigenvalue weighted by Gasteiger charge is -2.16. The van der Waals surface area contributed by atoms with Crippen molar-refractivity contribution < 1.29 is 0 Å². The van der Waals surface area contributed by atoms with E-state index in [2.05, 4.69) is 152 Å². The van der Waals surface area contributed by atoms with Gasteiger partial charge < -0.3 is 0 Å². The van der Waals surface area contributed by atoms with Gasteiger partial charge in [-0.1, -0.05) is 164 Å². The van der Waals surface area contributed by atoms with E-state index < -0.39 is 0 Å². The van der Waals surface area contributed by atoms with Gasteiger partial charge in [0.2, 0.25) is 0 Å². The van der Waals surface area contributed by atoms with Crippen molar-refractivity contribution in [3.63, 3.8) is 0 Å². The molecule has 10 rings (SSSR count). The third-order valence-corrected chi connectivity index (χ3v) is 10.0. The number of fused-ring (bicyclic) bond motifs is 8. The summed E-state index contributed by atoms with van der Waals surface area (Å²) in [7, 11) is 0. The molecular formula is C49H31N3. The van der Waals surface area contributed by atoms with E-state index in [1.165, 1.54) is 37.7 Å². The van der Waals surface area contributed by atoms with Gasteiger partial charge in [0.05, 0.1) is 22.6 Å². The van der Waals surface area contributed by atoms with Crippen molar-refractivity contribution in [2.24, 2.45) is 0 Å². The highest BCUT2D eigenvalue weighted by atomic mass is 14.9. The Morgan fingerprint density at radius 2 is 0.712 bits per heavy atom.